The van der Waals surface area contributed by atoms with E-state index in [4.69, 9.17) is 4.74 Å². The van der Waals surface area contributed by atoms with E-state index in [0.29, 0.717) is 6.61 Å². The topological polar surface area (TPSA) is 12.5 Å². The largest absolute Gasteiger partial charge is 0.492 e. The van der Waals surface area contributed by atoms with Crippen molar-refractivity contribution >= 4 is 5.57 Å². The lowest BCUT2D eigenvalue weighted by molar-refractivity contribution is 0.261. The van der Waals surface area contributed by atoms with Gasteiger partial charge in [-0.15, -0.1) is 0 Å². The van der Waals surface area contributed by atoms with E-state index in [1.165, 1.54) is 22.3 Å². The van der Waals surface area contributed by atoms with Gasteiger partial charge in [-0.3, -0.25) is 0 Å². The Labute approximate surface area is 146 Å². The minimum Gasteiger partial charge on any atom is -0.492 e. The highest BCUT2D eigenvalue weighted by Gasteiger charge is 2.10. The van der Waals surface area contributed by atoms with Crippen LogP contribution < -0.4 is 4.74 Å². The number of benzene rings is 2. The van der Waals surface area contributed by atoms with Crippen LogP contribution >= 0.6 is 0 Å². The molecule has 0 radical (unpaired) electrons. The van der Waals surface area contributed by atoms with Crippen molar-refractivity contribution in [2.45, 2.75) is 26.7 Å². The van der Waals surface area contributed by atoms with Crippen LogP contribution in [0.1, 0.15) is 37.8 Å². The molecule has 0 aliphatic rings. The summed E-state index contributed by atoms with van der Waals surface area (Å²) in [5, 5.41) is 0. The molecule has 2 heteroatoms. The predicted molar refractivity (Wildman–Crippen MR) is 104 cm³/mol. The average Bonchev–Trinajstić information content (AvgIpc) is 2.61. The molecule has 0 aliphatic carbocycles. The van der Waals surface area contributed by atoms with Crippen LogP contribution in [0.15, 0.2) is 60.2 Å². The normalized spacial score (nSPS) is 10.7. The van der Waals surface area contributed by atoms with Crippen LogP contribution in [-0.2, 0) is 0 Å². The van der Waals surface area contributed by atoms with Crippen molar-refractivity contribution in [3.63, 3.8) is 0 Å². The van der Waals surface area contributed by atoms with E-state index in [2.05, 4.69) is 87.4 Å². The SMILES string of the molecule is CCC(CC)=C(c1ccccc1)c1ccc(OCCN(C)C)cc1. The Bertz CT molecular complexity index is 635. The molecule has 0 saturated carbocycles. The second-order valence-electron chi connectivity index (χ2n) is 6.23. The molecule has 0 fully saturated rings. The maximum absolute atomic E-state index is 5.81. The van der Waals surface area contributed by atoms with E-state index < -0.39 is 0 Å². The number of nitrogens with zero attached hydrogens (tertiary/aromatic N) is 1. The third-order valence-electron chi connectivity index (χ3n) is 4.22. The summed E-state index contributed by atoms with van der Waals surface area (Å²) in [5.74, 6) is 0.933. The van der Waals surface area contributed by atoms with Gasteiger partial charge in [-0.05, 0) is 55.8 Å². The summed E-state index contributed by atoms with van der Waals surface area (Å²) in [6, 6.07) is 19.2. The molecule has 0 unspecified atom stereocenters. The molecule has 0 aromatic heterocycles. The van der Waals surface area contributed by atoms with Gasteiger partial charge >= 0.3 is 0 Å². The van der Waals surface area contributed by atoms with Crippen LogP contribution in [0.2, 0.25) is 0 Å². The summed E-state index contributed by atoms with van der Waals surface area (Å²) in [6.07, 6.45) is 2.14. The van der Waals surface area contributed by atoms with Crippen LogP contribution in [0, 0.1) is 0 Å². The van der Waals surface area contributed by atoms with Gasteiger partial charge in [0.2, 0.25) is 0 Å². The molecular formula is C22H29NO. The summed E-state index contributed by atoms with van der Waals surface area (Å²) in [4.78, 5) is 2.12. The molecule has 24 heavy (non-hydrogen) atoms. The second-order valence-corrected chi connectivity index (χ2v) is 6.23. The van der Waals surface area contributed by atoms with Crippen LogP contribution in [-0.4, -0.2) is 32.1 Å². The van der Waals surface area contributed by atoms with Gasteiger partial charge in [0, 0.05) is 6.54 Å². The molecule has 0 amide bonds. The zero-order valence-corrected chi connectivity index (χ0v) is 15.4. The second kappa shape index (κ2) is 9.29. The van der Waals surface area contributed by atoms with Crippen molar-refractivity contribution in [3.8, 4) is 5.75 Å². The van der Waals surface area contributed by atoms with Crippen molar-refractivity contribution < 1.29 is 4.74 Å². The van der Waals surface area contributed by atoms with Crippen LogP contribution in [0.4, 0.5) is 0 Å². The fourth-order valence-corrected chi connectivity index (χ4v) is 2.85. The molecule has 2 nitrogen and oxygen atoms in total. The van der Waals surface area contributed by atoms with Gasteiger partial charge in [0.15, 0.2) is 0 Å². The number of allylic oxidation sites excluding steroid dienone is 1. The highest BCUT2D eigenvalue weighted by atomic mass is 16.5. The highest BCUT2D eigenvalue weighted by molar-refractivity contribution is 5.82. The quantitative estimate of drug-likeness (QED) is 0.658. The van der Waals surface area contributed by atoms with Crippen LogP contribution in [0.3, 0.4) is 0 Å². The van der Waals surface area contributed by atoms with Crippen molar-refractivity contribution in [3.05, 3.63) is 71.3 Å². The zero-order chi connectivity index (χ0) is 17.4. The van der Waals surface area contributed by atoms with Crippen LogP contribution in [0.25, 0.3) is 5.57 Å². The van der Waals surface area contributed by atoms with E-state index in [0.717, 1.165) is 25.1 Å². The van der Waals surface area contributed by atoms with Crippen molar-refractivity contribution in [2.24, 2.45) is 0 Å². The summed E-state index contributed by atoms with van der Waals surface area (Å²) < 4.78 is 5.81. The first-order chi connectivity index (χ1) is 11.7. The van der Waals surface area contributed by atoms with E-state index in [1.54, 1.807) is 0 Å². The molecule has 0 spiro atoms. The van der Waals surface area contributed by atoms with Crippen molar-refractivity contribution in [1.29, 1.82) is 0 Å². The maximum atomic E-state index is 5.81. The maximum Gasteiger partial charge on any atom is 0.119 e. The van der Waals surface area contributed by atoms with Crippen molar-refractivity contribution in [1.82, 2.24) is 4.90 Å². The van der Waals surface area contributed by atoms with Gasteiger partial charge in [-0.25, -0.2) is 0 Å². The lowest BCUT2D eigenvalue weighted by atomic mass is 9.90. The Balaban J connectivity index is 2.26. The molecule has 2 aromatic rings. The lowest BCUT2D eigenvalue weighted by Gasteiger charge is -2.15. The molecule has 0 bridgehead atoms. The van der Waals surface area contributed by atoms with Crippen LogP contribution in [0.5, 0.6) is 5.75 Å². The Morgan fingerprint density at radius 3 is 1.96 bits per heavy atom. The summed E-state index contributed by atoms with van der Waals surface area (Å²) in [7, 11) is 4.11. The third kappa shape index (κ3) is 4.97. The van der Waals surface area contributed by atoms with E-state index in [9.17, 15) is 0 Å². The molecule has 0 atom stereocenters. The van der Waals surface area contributed by atoms with Gasteiger partial charge in [0.1, 0.15) is 12.4 Å². The van der Waals surface area contributed by atoms with E-state index >= 15 is 0 Å². The molecule has 128 valence electrons. The van der Waals surface area contributed by atoms with Gasteiger partial charge in [-0.2, -0.15) is 0 Å². The van der Waals surface area contributed by atoms with Gasteiger partial charge < -0.3 is 9.64 Å². The molecule has 0 saturated heterocycles. The average molecular weight is 323 g/mol. The standard InChI is InChI=1S/C22H29NO/c1-5-18(6-2)22(19-10-8-7-9-11-19)20-12-14-21(15-13-20)24-17-16-23(3)4/h7-15H,5-6,16-17H2,1-4H3. The van der Waals surface area contributed by atoms with E-state index in [1.807, 2.05) is 0 Å². The third-order valence-corrected chi connectivity index (χ3v) is 4.22. The summed E-state index contributed by atoms with van der Waals surface area (Å²) in [5.41, 5.74) is 5.40. The molecule has 0 heterocycles. The molecular weight excluding hydrogens is 294 g/mol. The van der Waals surface area contributed by atoms with Gasteiger partial charge in [0.25, 0.3) is 0 Å². The fraction of sp³-hybridized carbons (Fsp3) is 0.364. The van der Waals surface area contributed by atoms with Gasteiger partial charge in [-0.1, -0.05) is 61.9 Å². The number of ether oxygens (including phenoxy) is 1. The molecule has 2 aromatic carbocycles. The number of hydrogen-bond acceptors (Lipinski definition) is 2. The minimum absolute atomic E-state index is 0.711. The van der Waals surface area contributed by atoms with Crippen molar-refractivity contribution in [2.75, 3.05) is 27.2 Å². The Morgan fingerprint density at radius 1 is 0.833 bits per heavy atom. The Morgan fingerprint density at radius 2 is 1.42 bits per heavy atom. The van der Waals surface area contributed by atoms with E-state index in [-0.39, 0.29) is 0 Å². The smallest absolute Gasteiger partial charge is 0.119 e. The zero-order valence-electron chi connectivity index (χ0n) is 15.4. The highest BCUT2D eigenvalue weighted by Crippen LogP contribution is 2.31. The monoisotopic (exact) mass is 323 g/mol. The molecule has 2 rings (SSSR count). The Kier molecular flexibility index (Phi) is 7.07. The predicted octanol–water partition coefficient (Wildman–Crippen LogP) is 5.25. The first kappa shape index (κ1) is 18.3. The number of hydrogen-bond donors (Lipinski definition) is 0. The minimum atomic E-state index is 0.711. The lowest BCUT2D eigenvalue weighted by Crippen LogP contribution is -2.19. The molecule has 0 aliphatic heterocycles. The summed E-state index contributed by atoms with van der Waals surface area (Å²) >= 11 is 0. The fourth-order valence-electron chi connectivity index (χ4n) is 2.85. The molecule has 0 N–H and O–H groups in total. The Hall–Kier alpha value is -2.06. The summed E-state index contributed by atoms with van der Waals surface area (Å²) in [6.45, 7) is 6.11. The number of likely N-dealkylation sites (N-methyl/N-ethyl adjacent to an activating group) is 1. The number of rotatable bonds is 8. The van der Waals surface area contributed by atoms with Gasteiger partial charge in [0.05, 0.1) is 0 Å². The first-order valence-electron chi connectivity index (χ1n) is 8.81. The first-order valence-corrected chi connectivity index (χ1v) is 8.81.